The fourth-order valence-electron chi connectivity index (χ4n) is 3.66. The number of hydrogen-bond acceptors (Lipinski definition) is 4. The second-order valence-electron chi connectivity index (χ2n) is 7.18. The predicted octanol–water partition coefficient (Wildman–Crippen LogP) is 3.86. The van der Waals surface area contributed by atoms with Crippen LogP contribution in [0, 0.1) is 0 Å². The molecule has 0 unspecified atom stereocenters. The van der Waals surface area contributed by atoms with Gasteiger partial charge in [0.25, 0.3) is 0 Å². The van der Waals surface area contributed by atoms with Crippen molar-refractivity contribution < 1.29 is 19.1 Å². The standard InChI is InChI=1S/C22H22N2O4/c25-20(10-7-15-5-8-17(9-6-15)22(26)27)24-13-11-16(12-14-24)21-23-18-3-1-2-4-19(18)28-21/h1-6,8-9,16H,7,10-14H2,(H,26,27). The molecule has 28 heavy (non-hydrogen) atoms. The molecular formula is C22H22N2O4. The molecule has 6 nitrogen and oxygen atoms in total. The Morgan fingerprint density at radius 2 is 1.79 bits per heavy atom. The fraction of sp³-hybridized carbons (Fsp3) is 0.318. The topological polar surface area (TPSA) is 83.6 Å². The van der Waals surface area contributed by atoms with Crippen LogP contribution in [0.1, 0.15) is 47.0 Å². The number of nitrogens with zero attached hydrogens (tertiary/aromatic N) is 2. The zero-order valence-corrected chi connectivity index (χ0v) is 15.5. The van der Waals surface area contributed by atoms with Crippen LogP contribution in [0.25, 0.3) is 11.1 Å². The van der Waals surface area contributed by atoms with Crippen molar-refractivity contribution in [3.8, 4) is 0 Å². The van der Waals surface area contributed by atoms with Gasteiger partial charge in [-0.25, -0.2) is 9.78 Å². The lowest BCUT2D eigenvalue weighted by atomic mass is 9.96. The van der Waals surface area contributed by atoms with E-state index < -0.39 is 5.97 Å². The highest BCUT2D eigenvalue weighted by Gasteiger charge is 2.26. The van der Waals surface area contributed by atoms with E-state index >= 15 is 0 Å². The summed E-state index contributed by atoms with van der Waals surface area (Å²) in [5, 5.41) is 8.94. The van der Waals surface area contributed by atoms with E-state index in [0.29, 0.717) is 25.9 Å². The number of oxazole rings is 1. The van der Waals surface area contributed by atoms with E-state index in [1.165, 1.54) is 0 Å². The molecule has 1 aliphatic heterocycles. The average molecular weight is 378 g/mol. The van der Waals surface area contributed by atoms with E-state index in [1.54, 1.807) is 24.3 Å². The summed E-state index contributed by atoms with van der Waals surface area (Å²) >= 11 is 0. The maximum absolute atomic E-state index is 12.5. The fourth-order valence-corrected chi connectivity index (χ4v) is 3.66. The maximum Gasteiger partial charge on any atom is 0.335 e. The summed E-state index contributed by atoms with van der Waals surface area (Å²) in [4.78, 5) is 29.9. The van der Waals surface area contributed by atoms with Gasteiger partial charge < -0.3 is 14.4 Å². The third-order valence-electron chi connectivity index (χ3n) is 5.34. The minimum atomic E-state index is -0.940. The molecule has 144 valence electrons. The molecule has 1 aromatic heterocycles. The highest BCUT2D eigenvalue weighted by atomic mass is 16.4. The van der Waals surface area contributed by atoms with Crippen molar-refractivity contribution in [2.24, 2.45) is 0 Å². The number of piperidine rings is 1. The number of likely N-dealkylation sites (tertiary alicyclic amines) is 1. The van der Waals surface area contributed by atoms with Crippen molar-refractivity contribution in [2.45, 2.75) is 31.6 Å². The van der Waals surface area contributed by atoms with Crippen LogP contribution in [-0.4, -0.2) is 40.0 Å². The van der Waals surface area contributed by atoms with Crippen LogP contribution in [0.3, 0.4) is 0 Å². The lowest BCUT2D eigenvalue weighted by Crippen LogP contribution is -2.38. The second-order valence-corrected chi connectivity index (χ2v) is 7.18. The summed E-state index contributed by atoms with van der Waals surface area (Å²) < 4.78 is 5.88. The summed E-state index contributed by atoms with van der Waals surface area (Å²) in [5.41, 5.74) is 2.92. The smallest absolute Gasteiger partial charge is 0.335 e. The molecule has 3 aromatic rings. The van der Waals surface area contributed by atoms with E-state index in [-0.39, 0.29) is 17.4 Å². The van der Waals surface area contributed by atoms with Gasteiger partial charge >= 0.3 is 5.97 Å². The van der Waals surface area contributed by atoms with Crippen LogP contribution >= 0.6 is 0 Å². The van der Waals surface area contributed by atoms with Gasteiger partial charge in [-0.2, -0.15) is 0 Å². The van der Waals surface area contributed by atoms with E-state index in [9.17, 15) is 9.59 Å². The lowest BCUT2D eigenvalue weighted by molar-refractivity contribution is -0.132. The Morgan fingerprint density at radius 3 is 2.46 bits per heavy atom. The quantitative estimate of drug-likeness (QED) is 0.729. The van der Waals surface area contributed by atoms with E-state index in [2.05, 4.69) is 4.98 Å². The van der Waals surface area contributed by atoms with E-state index in [0.717, 1.165) is 35.4 Å². The first-order chi connectivity index (χ1) is 13.6. The monoisotopic (exact) mass is 378 g/mol. The second kappa shape index (κ2) is 7.84. The molecule has 2 aromatic carbocycles. The van der Waals surface area contributed by atoms with Gasteiger partial charge in [-0.1, -0.05) is 24.3 Å². The van der Waals surface area contributed by atoms with E-state index in [4.69, 9.17) is 9.52 Å². The van der Waals surface area contributed by atoms with Gasteiger partial charge in [0.1, 0.15) is 5.52 Å². The minimum Gasteiger partial charge on any atom is -0.478 e. The zero-order valence-electron chi connectivity index (χ0n) is 15.5. The number of para-hydroxylation sites is 2. The number of fused-ring (bicyclic) bond motifs is 1. The Balaban J connectivity index is 1.29. The molecule has 0 bridgehead atoms. The van der Waals surface area contributed by atoms with Crippen LogP contribution < -0.4 is 0 Å². The molecule has 0 radical (unpaired) electrons. The van der Waals surface area contributed by atoms with Gasteiger partial charge in [-0.3, -0.25) is 4.79 Å². The molecule has 1 saturated heterocycles. The number of aryl methyl sites for hydroxylation is 1. The third-order valence-corrected chi connectivity index (χ3v) is 5.34. The molecule has 4 rings (SSSR count). The van der Waals surface area contributed by atoms with Crippen molar-refractivity contribution in [1.82, 2.24) is 9.88 Å². The van der Waals surface area contributed by atoms with Crippen molar-refractivity contribution in [2.75, 3.05) is 13.1 Å². The van der Waals surface area contributed by atoms with Crippen molar-refractivity contribution in [3.63, 3.8) is 0 Å². The van der Waals surface area contributed by atoms with Crippen LogP contribution in [0.5, 0.6) is 0 Å². The Morgan fingerprint density at radius 1 is 1.07 bits per heavy atom. The molecule has 1 fully saturated rings. The predicted molar refractivity (Wildman–Crippen MR) is 104 cm³/mol. The van der Waals surface area contributed by atoms with Gasteiger partial charge in [0.2, 0.25) is 5.91 Å². The van der Waals surface area contributed by atoms with Crippen molar-refractivity contribution in [3.05, 3.63) is 65.5 Å². The highest BCUT2D eigenvalue weighted by Crippen LogP contribution is 2.30. The Bertz CT molecular complexity index is 952. The molecule has 1 amide bonds. The first-order valence-corrected chi connectivity index (χ1v) is 9.55. The molecule has 0 atom stereocenters. The van der Waals surface area contributed by atoms with Gasteiger partial charge in [-0.15, -0.1) is 0 Å². The Hall–Kier alpha value is -3.15. The Kier molecular flexibility index (Phi) is 5.10. The molecule has 1 aliphatic rings. The summed E-state index contributed by atoms with van der Waals surface area (Å²) in [5.74, 6) is 0.217. The third kappa shape index (κ3) is 3.91. The van der Waals surface area contributed by atoms with Gasteiger partial charge in [-0.05, 0) is 49.1 Å². The normalized spacial score (nSPS) is 15.1. The number of hydrogen-bond donors (Lipinski definition) is 1. The summed E-state index contributed by atoms with van der Waals surface area (Å²) in [6, 6.07) is 14.5. The summed E-state index contributed by atoms with van der Waals surface area (Å²) in [6.45, 7) is 1.42. The molecule has 6 heteroatoms. The molecule has 2 heterocycles. The number of aromatic carboxylic acids is 1. The van der Waals surface area contributed by atoms with Gasteiger partial charge in [0.15, 0.2) is 11.5 Å². The number of amides is 1. The lowest BCUT2D eigenvalue weighted by Gasteiger charge is -2.30. The molecule has 0 spiro atoms. The van der Waals surface area contributed by atoms with Crippen LogP contribution in [0.2, 0.25) is 0 Å². The number of benzene rings is 2. The van der Waals surface area contributed by atoms with Crippen molar-refractivity contribution >= 4 is 23.0 Å². The molecular weight excluding hydrogens is 356 g/mol. The Labute approximate surface area is 162 Å². The number of carbonyl (C=O) groups excluding carboxylic acids is 1. The van der Waals surface area contributed by atoms with Gasteiger partial charge in [0.05, 0.1) is 5.56 Å². The summed E-state index contributed by atoms with van der Waals surface area (Å²) in [6.07, 6.45) is 2.75. The summed E-state index contributed by atoms with van der Waals surface area (Å²) in [7, 11) is 0. The first kappa shape index (κ1) is 18.2. The van der Waals surface area contributed by atoms with E-state index in [1.807, 2.05) is 29.2 Å². The zero-order chi connectivity index (χ0) is 19.5. The first-order valence-electron chi connectivity index (χ1n) is 9.55. The van der Waals surface area contributed by atoms with Crippen LogP contribution in [-0.2, 0) is 11.2 Å². The maximum atomic E-state index is 12.5. The van der Waals surface area contributed by atoms with Crippen LogP contribution in [0.4, 0.5) is 0 Å². The highest BCUT2D eigenvalue weighted by molar-refractivity contribution is 5.87. The molecule has 1 N–H and O–H groups in total. The van der Waals surface area contributed by atoms with Crippen molar-refractivity contribution in [1.29, 1.82) is 0 Å². The number of aromatic nitrogens is 1. The van der Waals surface area contributed by atoms with Gasteiger partial charge in [0, 0.05) is 25.4 Å². The number of rotatable bonds is 5. The SMILES string of the molecule is O=C(O)c1ccc(CCC(=O)N2CCC(c3nc4ccccc4o3)CC2)cc1. The number of carboxylic acid groups (broad SMARTS) is 1. The largest absolute Gasteiger partial charge is 0.478 e. The number of carboxylic acids is 1. The molecule has 0 saturated carbocycles. The molecule has 0 aliphatic carbocycles. The minimum absolute atomic E-state index is 0.137. The van der Waals surface area contributed by atoms with Crippen LogP contribution in [0.15, 0.2) is 52.9 Å². The average Bonchev–Trinajstić information content (AvgIpc) is 3.16. The number of carbonyl (C=O) groups is 2.